The number of rotatable bonds is 4. The Balaban J connectivity index is 2.03. The number of nitrogens with zero attached hydrogens (tertiary/aromatic N) is 2. The van der Waals surface area contributed by atoms with E-state index in [9.17, 15) is 14.9 Å². The normalized spacial score (nSPS) is 19.4. The number of H-pyrrole nitrogens is 1. The van der Waals surface area contributed by atoms with Crippen LogP contribution in [0.3, 0.4) is 0 Å². The van der Waals surface area contributed by atoms with Gasteiger partial charge < -0.3 is 9.88 Å². The summed E-state index contributed by atoms with van der Waals surface area (Å²) in [5.41, 5.74) is 0.191. The molecular weight excluding hydrogens is 270 g/mol. The van der Waals surface area contributed by atoms with E-state index < -0.39 is 4.92 Å². The van der Waals surface area contributed by atoms with Crippen molar-refractivity contribution in [2.45, 2.75) is 19.3 Å². The quantitative estimate of drug-likeness (QED) is 0.524. The average molecular weight is 286 g/mol. The SMILES string of the molecule is O=C(c1cc([N+](=O)[O-])c[nH]1)N1CCCC(CCCl)C1. The third-order valence-corrected chi connectivity index (χ3v) is 3.65. The van der Waals surface area contributed by atoms with Crippen molar-refractivity contribution in [1.29, 1.82) is 0 Å². The number of likely N-dealkylation sites (tertiary alicyclic amines) is 1. The first-order valence-electron chi connectivity index (χ1n) is 6.30. The number of nitro groups is 1. The standard InChI is InChI=1S/C12H16ClN3O3/c13-4-3-9-2-1-5-15(8-9)12(17)11-6-10(7-14-11)16(18)19/h6-7,9,14H,1-5,8H2. The van der Waals surface area contributed by atoms with Crippen LogP contribution in [0.25, 0.3) is 0 Å². The van der Waals surface area contributed by atoms with E-state index in [0.717, 1.165) is 19.3 Å². The Hall–Kier alpha value is -1.56. The molecule has 2 rings (SSSR count). The molecule has 0 saturated carbocycles. The van der Waals surface area contributed by atoms with Gasteiger partial charge in [0.2, 0.25) is 0 Å². The van der Waals surface area contributed by atoms with Gasteiger partial charge in [0.15, 0.2) is 0 Å². The largest absolute Gasteiger partial charge is 0.351 e. The summed E-state index contributed by atoms with van der Waals surface area (Å²) in [7, 11) is 0. The maximum absolute atomic E-state index is 12.2. The van der Waals surface area contributed by atoms with Gasteiger partial charge in [0.1, 0.15) is 5.69 Å². The van der Waals surface area contributed by atoms with Crippen LogP contribution >= 0.6 is 11.6 Å². The van der Waals surface area contributed by atoms with Crippen LogP contribution in [0.2, 0.25) is 0 Å². The molecule has 1 atom stereocenters. The maximum Gasteiger partial charge on any atom is 0.287 e. The lowest BCUT2D eigenvalue weighted by molar-refractivity contribution is -0.384. The summed E-state index contributed by atoms with van der Waals surface area (Å²) in [6.07, 6.45) is 4.18. The molecule has 1 saturated heterocycles. The van der Waals surface area contributed by atoms with Crippen molar-refractivity contribution in [2.75, 3.05) is 19.0 Å². The number of carbonyl (C=O) groups excluding carboxylic acids is 1. The lowest BCUT2D eigenvalue weighted by Crippen LogP contribution is -2.40. The zero-order valence-corrected chi connectivity index (χ0v) is 11.2. The van der Waals surface area contributed by atoms with Gasteiger partial charge in [0, 0.05) is 25.0 Å². The van der Waals surface area contributed by atoms with E-state index in [-0.39, 0.29) is 17.3 Å². The van der Waals surface area contributed by atoms with Gasteiger partial charge in [-0.25, -0.2) is 0 Å². The molecule has 6 nitrogen and oxygen atoms in total. The van der Waals surface area contributed by atoms with Gasteiger partial charge in [0.05, 0.1) is 11.1 Å². The average Bonchev–Trinajstić information content (AvgIpc) is 2.88. The minimum atomic E-state index is -0.514. The summed E-state index contributed by atoms with van der Waals surface area (Å²) in [6, 6.07) is 1.29. The Labute approximate surface area is 115 Å². The highest BCUT2D eigenvalue weighted by Gasteiger charge is 2.25. The number of aromatic nitrogens is 1. The summed E-state index contributed by atoms with van der Waals surface area (Å²) in [6.45, 7) is 1.38. The molecule has 7 heteroatoms. The second-order valence-corrected chi connectivity index (χ2v) is 5.14. The highest BCUT2D eigenvalue weighted by molar-refractivity contribution is 6.17. The van der Waals surface area contributed by atoms with Gasteiger partial charge in [-0.1, -0.05) is 0 Å². The molecule has 19 heavy (non-hydrogen) atoms. The molecule has 0 radical (unpaired) electrons. The number of carbonyl (C=O) groups is 1. The molecule has 104 valence electrons. The van der Waals surface area contributed by atoms with Crippen molar-refractivity contribution >= 4 is 23.2 Å². The lowest BCUT2D eigenvalue weighted by atomic mass is 9.95. The first-order chi connectivity index (χ1) is 9.11. The predicted octanol–water partition coefficient (Wildman–Crippen LogP) is 2.40. The first-order valence-corrected chi connectivity index (χ1v) is 6.83. The Morgan fingerprint density at radius 3 is 3.05 bits per heavy atom. The fourth-order valence-corrected chi connectivity index (χ4v) is 2.73. The van der Waals surface area contributed by atoms with Gasteiger partial charge in [-0.05, 0) is 25.2 Å². The zero-order chi connectivity index (χ0) is 13.8. The van der Waals surface area contributed by atoms with Crippen molar-refractivity contribution in [3.05, 3.63) is 28.1 Å². The number of amides is 1. The fourth-order valence-electron chi connectivity index (χ4n) is 2.42. The molecule has 0 bridgehead atoms. The second-order valence-electron chi connectivity index (χ2n) is 4.77. The molecule has 1 amide bonds. The molecule has 1 aliphatic rings. The van der Waals surface area contributed by atoms with Gasteiger partial charge in [-0.3, -0.25) is 14.9 Å². The van der Waals surface area contributed by atoms with Crippen molar-refractivity contribution < 1.29 is 9.72 Å². The van der Waals surface area contributed by atoms with Crippen LogP contribution in [0.5, 0.6) is 0 Å². The van der Waals surface area contributed by atoms with Crippen LogP contribution in [0.15, 0.2) is 12.3 Å². The minimum Gasteiger partial charge on any atom is -0.351 e. The highest BCUT2D eigenvalue weighted by Crippen LogP contribution is 2.22. The first kappa shape index (κ1) is 13.9. The molecule has 0 aliphatic carbocycles. The van der Waals surface area contributed by atoms with Gasteiger partial charge in [0.25, 0.3) is 11.6 Å². The molecule has 0 spiro atoms. The van der Waals surface area contributed by atoms with Crippen molar-refractivity contribution in [2.24, 2.45) is 5.92 Å². The summed E-state index contributed by atoms with van der Waals surface area (Å²) in [4.78, 5) is 26.7. The maximum atomic E-state index is 12.2. The number of hydrogen-bond donors (Lipinski definition) is 1. The minimum absolute atomic E-state index is 0.0855. The highest BCUT2D eigenvalue weighted by atomic mass is 35.5. The molecule has 1 N–H and O–H groups in total. The van der Waals surface area contributed by atoms with Gasteiger partial charge >= 0.3 is 0 Å². The van der Waals surface area contributed by atoms with Crippen LogP contribution in [0, 0.1) is 16.0 Å². The van der Waals surface area contributed by atoms with E-state index in [1.165, 1.54) is 12.3 Å². The topological polar surface area (TPSA) is 79.2 Å². The Bertz CT molecular complexity index is 473. The van der Waals surface area contributed by atoms with Crippen molar-refractivity contribution in [3.63, 3.8) is 0 Å². The number of aromatic amines is 1. The molecule has 1 aromatic rings. The van der Waals surface area contributed by atoms with E-state index in [1.54, 1.807) is 4.90 Å². The number of nitrogens with one attached hydrogen (secondary N) is 1. The number of halogens is 1. The zero-order valence-electron chi connectivity index (χ0n) is 10.5. The van der Waals surface area contributed by atoms with Crippen molar-refractivity contribution in [1.82, 2.24) is 9.88 Å². The molecular formula is C12H16ClN3O3. The fraction of sp³-hybridized carbons (Fsp3) is 0.583. The van der Waals surface area contributed by atoms with Gasteiger partial charge in [-0.2, -0.15) is 0 Å². The summed E-state index contributed by atoms with van der Waals surface area (Å²) in [5, 5.41) is 10.6. The Morgan fingerprint density at radius 2 is 2.42 bits per heavy atom. The van der Waals surface area contributed by atoms with E-state index in [0.29, 0.717) is 24.9 Å². The Kier molecular flexibility index (Phi) is 4.42. The molecule has 1 aliphatic heterocycles. The smallest absolute Gasteiger partial charge is 0.287 e. The van der Waals surface area contributed by atoms with E-state index in [4.69, 9.17) is 11.6 Å². The lowest BCUT2D eigenvalue weighted by Gasteiger charge is -2.32. The third kappa shape index (κ3) is 3.26. The van der Waals surface area contributed by atoms with Crippen molar-refractivity contribution in [3.8, 4) is 0 Å². The molecule has 1 fully saturated rings. The van der Waals surface area contributed by atoms with Crippen LogP contribution in [0.4, 0.5) is 5.69 Å². The van der Waals surface area contributed by atoms with E-state index >= 15 is 0 Å². The number of hydrogen-bond acceptors (Lipinski definition) is 3. The second kappa shape index (κ2) is 6.06. The monoisotopic (exact) mass is 285 g/mol. The van der Waals surface area contributed by atoms with Crippen LogP contribution in [0.1, 0.15) is 29.8 Å². The summed E-state index contributed by atoms with van der Waals surface area (Å²) < 4.78 is 0. The molecule has 0 aromatic carbocycles. The molecule has 1 unspecified atom stereocenters. The summed E-state index contributed by atoms with van der Waals surface area (Å²) in [5.74, 6) is 0.855. The van der Waals surface area contributed by atoms with Crippen LogP contribution in [-0.2, 0) is 0 Å². The van der Waals surface area contributed by atoms with Crippen LogP contribution < -0.4 is 0 Å². The molecule has 2 heterocycles. The van der Waals surface area contributed by atoms with E-state index in [1.807, 2.05) is 0 Å². The van der Waals surface area contributed by atoms with Gasteiger partial charge in [-0.15, -0.1) is 11.6 Å². The molecule has 1 aromatic heterocycles. The predicted molar refractivity (Wildman–Crippen MR) is 71.4 cm³/mol. The summed E-state index contributed by atoms with van der Waals surface area (Å²) >= 11 is 5.73. The third-order valence-electron chi connectivity index (χ3n) is 3.43. The van der Waals surface area contributed by atoms with E-state index in [2.05, 4.69) is 4.98 Å². The van der Waals surface area contributed by atoms with Crippen LogP contribution in [-0.4, -0.2) is 39.7 Å². The number of alkyl halides is 1. The Morgan fingerprint density at radius 1 is 1.63 bits per heavy atom. The number of piperidine rings is 1.